The van der Waals surface area contributed by atoms with Gasteiger partial charge in [-0.15, -0.1) is 0 Å². The molecule has 3 nitrogen and oxygen atoms in total. The van der Waals surface area contributed by atoms with Gasteiger partial charge in [-0.25, -0.2) is 0 Å². The number of aliphatic hydroxyl groups excluding tert-OH is 1. The number of hydrogen-bond donors (Lipinski definition) is 1. The molecule has 14 heavy (non-hydrogen) atoms. The predicted octanol–water partition coefficient (Wildman–Crippen LogP) is 0.536. The van der Waals surface area contributed by atoms with Crippen LogP contribution in [0.4, 0.5) is 0 Å². The van der Waals surface area contributed by atoms with E-state index in [1.165, 1.54) is 26.2 Å². The lowest BCUT2D eigenvalue weighted by molar-refractivity contribution is -0.0213. The van der Waals surface area contributed by atoms with Gasteiger partial charge in [0.2, 0.25) is 0 Å². The van der Waals surface area contributed by atoms with Crippen molar-refractivity contribution in [2.75, 3.05) is 26.2 Å². The summed E-state index contributed by atoms with van der Waals surface area (Å²) in [4.78, 5) is 5.08. The summed E-state index contributed by atoms with van der Waals surface area (Å²) < 4.78 is 0. The second-order valence-electron chi connectivity index (χ2n) is 4.94. The van der Waals surface area contributed by atoms with Crippen LogP contribution in [0.15, 0.2) is 0 Å². The number of aliphatic hydroxyl groups is 1. The third kappa shape index (κ3) is 2.10. The SMILES string of the molecule is CC(C)N1CCN(C2CC(O)C2)CC1. The second kappa shape index (κ2) is 4.17. The normalized spacial score (nSPS) is 36.0. The number of nitrogens with zero attached hydrogens (tertiary/aromatic N) is 2. The lowest BCUT2D eigenvalue weighted by Crippen LogP contribution is -2.56. The van der Waals surface area contributed by atoms with Crippen LogP contribution in [-0.2, 0) is 0 Å². The molecule has 0 aromatic heterocycles. The van der Waals surface area contributed by atoms with Crippen molar-refractivity contribution in [2.24, 2.45) is 0 Å². The smallest absolute Gasteiger partial charge is 0.0570 e. The Hall–Kier alpha value is -0.120. The van der Waals surface area contributed by atoms with Crippen molar-refractivity contribution in [3.63, 3.8) is 0 Å². The van der Waals surface area contributed by atoms with Gasteiger partial charge in [0.05, 0.1) is 6.10 Å². The van der Waals surface area contributed by atoms with Crippen LogP contribution in [0.2, 0.25) is 0 Å². The van der Waals surface area contributed by atoms with Crippen LogP contribution in [-0.4, -0.2) is 59.3 Å². The molecule has 2 fully saturated rings. The lowest BCUT2D eigenvalue weighted by Gasteiger charge is -2.45. The Morgan fingerprint density at radius 2 is 1.64 bits per heavy atom. The van der Waals surface area contributed by atoms with E-state index in [0.717, 1.165) is 12.8 Å². The van der Waals surface area contributed by atoms with Gasteiger partial charge in [0.1, 0.15) is 0 Å². The zero-order valence-corrected chi connectivity index (χ0v) is 9.32. The van der Waals surface area contributed by atoms with E-state index in [-0.39, 0.29) is 6.10 Å². The molecule has 0 amide bonds. The predicted molar refractivity (Wildman–Crippen MR) is 57.3 cm³/mol. The first kappa shape index (κ1) is 10.4. The maximum atomic E-state index is 9.25. The molecule has 2 rings (SSSR count). The zero-order chi connectivity index (χ0) is 10.1. The second-order valence-corrected chi connectivity index (χ2v) is 4.94. The van der Waals surface area contributed by atoms with Gasteiger partial charge in [0.25, 0.3) is 0 Å². The lowest BCUT2D eigenvalue weighted by atomic mass is 9.87. The molecule has 0 aromatic rings. The molecular weight excluding hydrogens is 176 g/mol. The average molecular weight is 198 g/mol. The van der Waals surface area contributed by atoms with Crippen LogP contribution in [0, 0.1) is 0 Å². The Bertz CT molecular complexity index is 182. The molecule has 82 valence electrons. The summed E-state index contributed by atoms with van der Waals surface area (Å²) in [5.74, 6) is 0. The van der Waals surface area contributed by atoms with Gasteiger partial charge >= 0.3 is 0 Å². The molecule has 1 heterocycles. The van der Waals surface area contributed by atoms with Crippen LogP contribution in [0.5, 0.6) is 0 Å². The Kier molecular flexibility index (Phi) is 3.10. The van der Waals surface area contributed by atoms with Gasteiger partial charge in [-0.1, -0.05) is 0 Å². The van der Waals surface area contributed by atoms with Gasteiger partial charge in [0.15, 0.2) is 0 Å². The van der Waals surface area contributed by atoms with Gasteiger partial charge in [-0.2, -0.15) is 0 Å². The molecule has 0 spiro atoms. The molecule has 0 aromatic carbocycles. The van der Waals surface area contributed by atoms with E-state index in [1.54, 1.807) is 0 Å². The Morgan fingerprint density at radius 3 is 2.07 bits per heavy atom. The highest BCUT2D eigenvalue weighted by Gasteiger charge is 2.33. The first-order valence-corrected chi connectivity index (χ1v) is 5.83. The summed E-state index contributed by atoms with van der Waals surface area (Å²) in [6.45, 7) is 9.31. The highest BCUT2D eigenvalue weighted by molar-refractivity contribution is 4.89. The Labute approximate surface area is 86.7 Å². The van der Waals surface area contributed by atoms with E-state index >= 15 is 0 Å². The third-order valence-corrected chi connectivity index (χ3v) is 3.68. The van der Waals surface area contributed by atoms with E-state index in [2.05, 4.69) is 23.6 Å². The molecule has 3 heteroatoms. The van der Waals surface area contributed by atoms with Crippen molar-refractivity contribution in [1.29, 1.82) is 0 Å². The van der Waals surface area contributed by atoms with Crippen molar-refractivity contribution in [3.05, 3.63) is 0 Å². The van der Waals surface area contributed by atoms with Crippen molar-refractivity contribution < 1.29 is 5.11 Å². The van der Waals surface area contributed by atoms with Gasteiger partial charge in [-0.05, 0) is 26.7 Å². The summed E-state index contributed by atoms with van der Waals surface area (Å²) in [6.07, 6.45) is 1.99. The zero-order valence-electron chi connectivity index (χ0n) is 9.32. The summed E-state index contributed by atoms with van der Waals surface area (Å²) >= 11 is 0. The van der Waals surface area contributed by atoms with E-state index in [9.17, 15) is 5.11 Å². The Morgan fingerprint density at radius 1 is 1.07 bits per heavy atom. The molecule has 2 aliphatic rings. The average Bonchev–Trinajstić information content (AvgIpc) is 2.13. The van der Waals surface area contributed by atoms with E-state index in [0.29, 0.717) is 12.1 Å². The molecule has 1 aliphatic carbocycles. The van der Waals surface area contributed by atoms with Gasteiger partial charge < -0.3 is 5.11 Å². The molecule has 1 N–H and O–H groups in total. The molecular formula is C11H22N2O. The van der Waals surface area contributed by atoms with Crippen molar-refractivity contribution >= 4 is 0 Å². The van der Waals surface area contributed by atoms with E-state index in [1.807, 2.05) is 0 Å². The molecule has 0 atom stereocenters. The highest BCUT2D eigenvalue weighted by atomic mass is 16.3. The number of rotatable bonds is 2. The molecule has 0 radical (unpaired) electrons. The molecule has 1 aliphatic heterocycles. The van der Waals surface area contributed by atoms with Crippen LogP contribution in [0.25, 0.3) is 0 Å². The minimum Gasteiger partial charge on any atom is -0.393 e. The van der Waals surface area contributed by atoms with Crippen LogP contribution >= 0.6 is 0 Å². The standard InChI is InChI=1S/C11H22N2O/c1-9(2)12-3-5-13(6-4-12)10-7-11(14)8-10/h9-11,14H,3-8H2,1-2H3. The third-order valence-electron chi connectivity index (χ3n) is 3.68. The van der Waals surface area contributed by atoms with Gasteiger partial charge in [-0.3, -0.25) is 9.80 Å². The summed E-state index contributed by atoms with van der Waals surface area (Å²) in [6, 6.07) is 1.36. The summed E-state index contributed by atoms with van der Waals surface area (Å²) in [5.41, 5.74) is 0. The minimum atomic E-state index is -0.0110. The van der Waals surface area contributed by atoms with Gasteiger partial charge in [0, 0.05) is 38.3 Å². The fourth-order valence-corrected chi connectivity index (χ4v) is 2.48. The monoisotopic (exact) mass is 198 g/mol. The molecule has 0 bridgehead atoms. The summed E-state index contributed by atoms with van der Waals surface area (Å²) in [7, 11) is 0. The fraction of sp³-hybridized carbons (Fsp3) is 1.00. The van der Waals surface area contributed by atoms with Crippen molar-refractivity contribution in [3.8, 4) is 0 Å². The number of hydrogen-bond acceptors (Lipinski definition) is 3. The van der Waals surface area contributed by atoms with Crippen LogP contribution < -0.4 is 0 Å². The largest absolute Gasteiger partial charge is 0.393 e. The minimum absolute atomic E-state index is 0.0110. The topological polar surface area (TPSA) is 26.7 Å². The van der Waals surface area contributed by atoms with Crippen molar-refractivity contribution in [1.82, 2.24) is 9.80 Å². The number of piperazine rings is 1. The quantitative estimate of drug-likeness (QED) is 0.701. The highest BCUT2D eigenvalue weighted by Crippen LogP contribution is 2.26. The van der Waals surface area contributed by atoms with E-state index < -0.39 is 0 Å². The maximum Gasteiger partial charge on any atom is 0.0570 e. The maximum absolute atomic E-state index is 9.25. The molecule has 1 saturated carbocycles. The molecule has 0 unspecified atom stereocenters. The Balaban J connectivity index is 1.73. The van der Waals surface area contributed by atoms with E-state index in [4.69, 9.17) is 0 Å². The van der Waals surface area contributed by atoms with Crippen molar-refractivity contribution in [2.45, 2.75) is 44.9 Å². The summed E-state index contributed by atoms with van der Waals surface area (Å²) in [5, 5.41) is 9.25. The molecule has 1 saturated heterocycles. The van der Waals surface area contributed by atoms with Crippen LogP contribution in [0.1, 0.15) is 26.7 Å². The van der Waals surface area contributed by atoms with Crippen LogP contribution in [0.3, 0.4) is 0 Å². The first-order chi connectivity index (χ1) is 6.66. The fourth-order valence-electron chi connectivity index (χ4n) is 2.48. The first-order valence-electron chi connectivity index (χ1n) is 5.83.